The van der Waals surface area contributed by atoms with Crippen molar-refractivity contribution in [3.05, 3.63) is 0 Å². The second-order valence-corrected chi connectivity index (χ2v) is 5.64. The van der Waals surface area contributed by atoms with Crippen molar-refractivity contribution in [1.29, 1.82) is 0 Å². The van der Waals surface area contributed by atoms with Crippen LogP contribution >= 0.6 is 0 Å². The summed E-state index contributed by atoms with van der Waals surface area (Å²) in [5, 5.41) is 11.8. The van der Waals surface area contributed by atoms with E-state index in [1.165, 1.54) is 45.1 Å². The summed E-state index contributed by atoms with van der Waals surface area (Å²) in [5.74, 6) is 1.25. The molecule has 0 spiro atoms. The molecule has 0 bridgehead atoms. The van der Waals surface area contributed by atoms with Crippen LogP contribution in [0.2, 0.25) is 0 Å². The number of nitrogens with zero attached hydrogens (tertiary/aromatic N) is 2. The second kappa shape index (κ2) is 5.71. The molecule has 2 rings (SSSR count). The third-order valence-corrected chi connectivity index (χ3v) is 4.49. The van der Waals surface area contributed by atoms with E-state index in [1.807, 2.05) is 0 Å². The summed E-state index contributed by atoms with van der Waals surface area (Å²) in [4.78, 5) is 2.60. The summed E-state index contributed by atoms with van der Waals surface area (Å²) < 4.78 is 0. The molecule has 0 amide bonds. The molecule has 4 heteroatoms. The van der Waals surface area contributed by atoms with Crippen LogP contribution in [-0.2, 0) is 0 Å². The molecule has 3 N–H and O–H groups in total. The highest BCUT2D eigenvalue weighted by molar-refractivity contribution is 5.80. The van der Waals surface area contributed by atoms with E-state index in [1.54, 1.807) is 0 Å². The van der Waals surface area contributed by atoms with Gasteiger partial charge < -0.3 is 10.9 Å². The maximum Gasteiger partial charge on any atom is 0.140 e. The highest BCUT2D eigenvalue weighted by Gasteiger charge is 2.35. The van der Waals surface area contributed by atoms with Gasteiger partial charge in [-0.1, -0.05) is 18.0 Å². The number of rotatable bonds is 3. The minimum Gasteiger partial charge on any atom is -0.409 e. The lowest BCUT2D eigenvalue weighted by Gasteiger charge is -2.46. The molecule has 1 aliphatic carbocycles. The van der Waals surface area contributed by atoms with Crippen LogP contribution < -0.4 is 5.73 Å². The van der Waals surface area contributed by atoms with E-state index >= 15 is 0 Å². The van der Waals surface area contributed by atoms with Gasteiger partial charge in [-0.2, -0.15) is 0 Å². The molecule has 17 heavy (non-hydrogen) atoms. The Bertz CT molecular complexity index is 278. The zero-order valence-electron chi connectivity index (χ0n) is 10.8. The zero-order valence-corrected chi connectivity index (χ0v) is 10.8. The first-order valence-corrected chi connectivity index (χ1v) is 6.94. The van der Waals surface area contributed by atoms with E-state index in [0.29, 0.717) is 18.3 Å². The molecule has 1 saturated carbocycles. The fourth-order valence-corrected chi connectivity index (χ4v) is 3.67. The highest BCUT2D eigenvalue weighted by atomic mass is 16.4. The molecule has 2 fully saturated rings. The lowest BCUT2D eigenvalue weighted by molar-refractivity contribution is 0.0333. The SMILES string of the molecule is CC(CC(N)=NO)N1CCCC2CCCCC21. The lowest BCUT2D eigenvalue weighted by Crippen LogP contribution is -2.51. The first-order valence-electron chi connectivity index (χ1n) is 6.94. The monoisotopic (exact) mass is 239 g/mol. The number of hydrogen-bond acceptors (Lipinski definition) is 3. The molecule has 98 valence electrons. The normalized spacial score (nSPS) is 33.1. The van der Waals surface area contributed by atoms with Gasteiger partial charge in [0.15, 0.2) is 0 Å². The molecule has 1 aliphatic heterocycles. The van der Waals surface area contributed by atoms with Crippen molar-refractivity contribution in [2.75, 3.05) is 6.54 Å². The van der Waals surface area contributed by atoms with Crippen LogP contribution in [0.25, 0.3) is 0 Å². The van der Waals surface area contributed by atoms with Crippen molar-refractivity contribution in [1.82, 2.24) is 4.90 Å². The summed E-state index contributed by atoms with van der Waals surface area (Å²) in [7, 11) is 0. The Labute approximate surface area is 104 Å². The fraction of sp³-hybridized carbons (Fsp3) is 0.923. The smallest absolute Gasteiger partial charge is 0.140 e. The molecule has 2 aliphatic rings. The minimum atomic E-state index is 0.357. The standard InChI is InChI=1S/C13H25N3O/c1-10(9-13(14)15-17)16-8-4-6-11-5-2-3-7-12(11)16/h10-12,17H,2-9H2,1H3,(H2,14,15). The Hall–Kier alpha value is -0.770. The number of likely N-dealkylation sites (tertiary alicyclic amines) is 1. The summed E-state index contributed by atoms with van der Waals surface area (Å²) in [6.07, 6.45) is 8.90. The molecule has 1 heterocycles. The van der Waals surface area contributed by atoms with E-state index in [9.17, 15) is 0 Å². The second-order valence-electron chi connectivity index (χ2n) is 5.64. The van der Waals surface area contributed by atoms with Gasteiger partial charge in [0.1, 0.15) is 5.84 Å². The minimum absolute atomic E-state index is 0.357. The van der Waals surface area contributed by atoms with E-state index < -0.39 is 0 Å². The molecule has 1 saturated heterocycles. The Morgan fingerprint density at radius 3 is 2.82 bits per heavy atom. The van der Waals surface area contributed by atoms with Crippen LogP contribution in [-0.4, -0.2) is 34.6 Å². The molecule has 4 nitrogen and oxygen atoms in total. The number of hydrogen-bond donors (Lipinski definition) is 2. The number of piperidine rings is 1. The van der Waals surface area contributed by atoms with Crippen molar-refractivity contribution >= 4 is 5.84 Å². The first-order chi connectivity index (χ1) is 8.22. The van der Waals surface area contributed by atoms with Crippen molar-refractivity contribution in [3.63, 3.8) is 0 Å². The number of fused-ring (bicyclic) bond motifs is 1. The summed E-state index contributed by atoms with van der Waals surface area (Å²) >= 11 is 0. The first kappa shape index (κ1) is 12.7. The fourth-order valence-electron chi connectivity index (χ4n) is 3.67. The molecular weight excluding hydrogens is 214 g/mol. The summed E-state index contributed by atoms with van der Waals surface area (Å²) in [5.41, 5.74) is 5.62. The van der Waals surface area contributed by atoms with E-state index in [4.69, 9.17) is 10.9 Å². The maximum absolute atomic E-state index is 8.66. The van der Waals surface area contributed by atoms with Gasteiger partial charge in [0.05, 0.1) is 0 Å². The topological polar surface area (TPSA) is 61.9 Å². The summed E-state index contributed by atoms with van der Waals surface area (Å²) in [6, 6.07) is 1.15. The van der Waals surface area contributed by atoms with Gasteiger partial charge >= 0.3 is 0 Å². The van der Waals surface area contributed by atoms with Gasteiger partial charge in [-0.15, -0.1) is 0 Å². The highest BCUT2D eigenvalue weighted by Crippen LogP contribution is 2.36. The van der Waals surface area contributed by atoms with Crippen molar-refractivity contribution in [2.45, 2.75) is 64.0 Å². The lowest BCUT2D eigenvalue weighted by atomic mass is 9.77. The maximum atomic E-state index is 8.66. The Morgan fingerprint density at radius 2 is 2.06 bits per heavy atom. The third-order valence-electron chi connectivity index (χ3n) is 4.49. The Balaban J connectivity index is 1.98. The zero-order chi connectivity index (χ0) is 12.3. The average molecular weight is 239 g/mol. The van der Waals surface area contributed by atoms with Crippen LogP contribution in [0.4, 0.5) is 0 Å². The predicted molar refractivity (Wildman–Crippen MR) is 69.2 cm³/mol. The quantitative estimate of drug-likeness (QED) is 0.343. The van der Waals surface area contributed by atoms with Gasteiger partial charge in [-0.05, 0) is 45.1 Å². The average Bonchev–Trinajstić information content (AvgIpc) is 2.37. The van der Waals surface area contributed by atoms with Gasteiger partial charge in [-0.3, -0.25) is 4.90 Å². The Kier molecular flexibility index (Phi) is 4.26. The Morgan fingerprint density at radius 1 is 1.35 bits per heavy atom. The van der Waals surface area contributed by atoms with Crippen LogP contribution in [0.1, 0.15) is 51.9 Å². The van der Waals surface area contributed by atoms with Gasteiger partial charge in [0.25, 0.3) is 0 Å². The third kappa shape index (κ3) is 2.92. The number of oxime groups is 1. The van der Waals surface area contributed by atoms with Gasteiger partial charge in [0, 0.05) is 18.5 Å². The van der Waals surface area contributed by atoms with Crippen LogP contribution in [0, 0.1) is 5.92 Å². The van der Waals surface area contributed by atoms with Crippen molar-refractivity contribution in [3.8, 4) is 0 Å². The van der Waals surface area contributed by atoms with Crippen molar-refractivity contribution in [2.24, 2.45) is 16.8 Å². The molecule has 0 aromatic heterocycles. The van der Waals surface area contributed by atoms with Gasteiger partial charge in [-0.25, -0.2) is 0 Å². The molecule has 0 radical (unpaired) electrons. The van der Waals surface area contributed by atoms with Gasteiger partial charge in [0.2, 0.25) is 0 Å². The van der Waals surface area contributed by atoms with E-state index in [0.717, 1.165) is 12.0 Å². The van der Waals surface area contributed by atoms with Crippen LogP contribution in [0.5, 0.6) is 0 Å². The number of amidine groups is 1. The van der Waals surface area contributed by atoms with Crippen LogP contribution in [0.3, 0.4) is 0 Å². The van der Waals surface area contributed by atoms with Crippen LogP contribution in [0.15, 0.2) is 5.16 Å². The molecular formula is C13H25N3O. The molecule has 0 aromatic rings. The van der Waals surface area contributed by atoms with E-state index in [2.05, 4.69) is 17.0 Å². The van der Waals surface area contributed by atoms with Crippen molar-refractivity contribution < 1.29 is 5.21 Å². The predicted octanol–water partition coefficient (Wildman–Crippen LogP) is 2.17. The van der Waals surface area contributed by atoms with E-state index in [-0.39, 0.29) is 0 Å². The number of nitrogens with two attached hydrogens (primary N) is 1. The molecule has 0 aromatic carbocycles. The summed E-state index contributed by atoms with van der Waals surface area (Å²) in [6.45, 7) is 3.38. The largest absolute Gasteiger partial charge is 0.409 e. The molecule has 3 unspecified atom stereocenters. The molecule has 3 atom stereocenters.